The van der Waals surface area contributed by atoms with Crippen LogP contribution in [0.3, 0.4) is 0 Å². The standard InChI is InChI=1S/C27H31BrN2O4/c1-5-23(27(32)29-18(2)3)30(16-19-9-8-11-21(15-19)33-4)25(31)17-34-24-14-13-20-10-6-7-12-22(20)26(24)28/h6-15,18,23H,5,16-17H2,1-4H3,(H,29,32). The Labute approximate surface area is 209 Å². The highest BCUT2D eigenvalue weighted by atomic mass is 79.9. The molecule has 6 nitrogen and oxygen atoms in total. The van der Waals surface area contributed by atoms with Crippen LogP contribution < -0.4 is 14.8 Å². The normalized spacial score (nSPS) is 11.8. The molecule has 2 amide bonds. The Morgan fingerprint density at radius 3 is 2.53 bits per heavy atom. The first-order valence-corrected chi connectivity index (χ1v) is 12.2. The second kappa shape index (κ2) is 11.9. The topological polar surface area (TPSA) is 67.9 Å². The summed E-state index contributed by atoms with van der Waals surface area (Å²) in [6, 6.07) is 18.6. The number of nitrogens with one attached hydrogen (secondary N) is 1. The van der Waals surface area contributed by atoms with Gasteiger partial charge in [0.1, 0.15) is 17.5 Å². The van der Waals surface area contributed by atoms with Crippen molar-refractivity contribution in [2.45, 2.75) is 45.8 Å². The molecular formula is C27H31BrN2O4. The van der Waals surface area contributed by atoms with E-state index in [0.717, 1.165) is 20.8 Å². The summed E-state index contributed by atoms with van der Waals surface area (Å²) in [5.74, 6) is 0.822. The summed E-state index contributed by atoms with van der Waals surface area (Å²) in [4.78, 5) is 27.9. The van der Waals surface area contributed by atoms with Gasteiger partial charge in [-0.2, -0.15) is 0 Å². The van der Waals surface area contributed by atoms with Gasteiger partial charge < -0.3 is 19.7 Å². The second-order valence-electron chi connectivity index (χ2n) is 8.35. The van der Waals surface area contributed by atoms with Crippen LogP contribution in [0, 0.1) is 0 Å². The van der Waals surface area contributed by atoms with Crippen molar-refractivity contribution in [3.63, 3.8) is 0 Å². The van der Waals surface area contributed by atoms with Crippen molar-refractivity contribution in [1.29, 1.82) is 0 Å². The minimum Gasteiger partial charge on any atom is -0.497 e. The molecule has 3 aromatic carbocycles. The van der Waals surface area contributed by atoms with Gasteiger partial charge in [-0.25, -0.2) is 0 Å². The summed E-state index contributed by atoms with van der Waals surface area (Å²) in [6.07, 6.45) is 0.480. The first-order chi connectivity index (χ1) is 16.3. The van der Waals surface area contributed by atoms with Crippen LogP contribution in [-0.4, -0.2) is 42.5 Å². The van der Waals surface area contributed by atoms with Gasteiger partial charge in [0.05, 0.1) is 11.6 Å². The van der Waals surface area contributed by atoms with Crippen molar-refractivity contribution >= 4 is 38.5 Å². The largest absolute Gasteiger partial charge is 0.497 e. The Bertz CT molecular complexity index is 1150. The number of ether oxygens (including phenoxy) is 2. The van der Waals surface area contributed by atoms with Crippen LogP contribution in [0.1, 0.15) is 32.8 Å². The molecule has 0 fully saturated rings. The summed E-state index contributed by atoms with van der Waals surface area (Å²) in [7, 11) is 1.60. The maximum Gasteiger partial charge on any atom is 0.261 e. The lowest BCUT2D eigenvalue weighted by Crippen LogP contribution is -2.51. The fraction of sp³-hybridized carbons (Fsp3) is 0.333. The van der Waals surface area contributed by atoms with Gasteiger partial charge in [-0.15, -0.1) is 0 Å². The van der Waals surface area contributed by atoms with Gasteiger partial charge in [-0.3, -0.25) is 9.59 Å². The lowest BCUT2D eigenvalue weighted by Gasteiger charge is -2.31. The minimum atomic E-state index is -0.621. The number of carbonyl (C=O) groups excluding carboxylic acids is 2. The molecule has 0 aliphatic heterocycles. The Kier molecular flexibility index (Phi) is 8.93. The number of rotatable bonds is 10. The van der Waals surface area contributed by atoms with Gasteiger partial charge in [-0.05, 0) is 70.7 Å². The van der Waals surface area contributed by atoms with Crippen LogP contribution >= 0.6 is 15.9 Å². The van der Waals surface area contributed by atoms with E-state index >= 15 is 0 Å². The molecule has 0 radical (unpaired) electrons. The van der Waals surface area contributed by atoms with Crippen LogP contribution in [-0.2, 0) is 16.1 Å². The summed E-state index contributed by atoms with van der Waals surface area (Å²) in [5, 5.41) is 5.01. The average Bonchev–Trinajstić information content (AvgIpc) is 2.83. The SMILES string of the molecule is CCC(C(=O)NC(C)C)N(Cc1cccc(OC)c1)C(=O)COc1ccc2ccccc2c1Br. The molecular weight excluding hydrogens is 496 g/mol. The van der Waals surface area contributed by atoms with E-state index in [0.29, 0.717) is 17.9 Å². The fourth-order valence-corrected chi connectivity index (χ4v) is 4.42. The lowest BCUT2D eigenvalue weighted by atomic mass is 10.1. The van der Waals surface area contributed by atoms with E-state index in [9.17, 15) is 9.59 Å². The molecule has 3 rings (SSSR count). The van der Waals surface area contributed by atoms with E-state index in [1.807, 2.05) is 81.4 Å². The van der Waals surface area contributed by atoms with Gasteiger partial charge >= 0.3 is 0 Å². The summed E-state index contributed by atoms with van der Waals surface area (Å²) < 4.78 is 12.0. The van der Waals surface area contributed by atoms with Gasteiger partial charge in [0, 0.05) is 12.6 Å². The van der Waals surface area contributed by atoms with Crippen molar-refractivity contribution in [2.75, 3.05) is 13.7 Å². The Hall–Kier alpha value is -3.06. The quantitative estimate of drug-likeness (QED) is 0.388. The van der Waals surface area contributed by atoms with Crippen molar-refractivity contribution in [1.82, 2.24) is 10.2 Å². The molecule has 0 aliphatic carbocycles. The third kappa shape index (κ3) is 6.29. The maximum absolute atomic E-state index is 13.4. The molecule has 1 unspecified atom stereocenters. The molecule has 0 heterocycles. The summed E-state index contributed by atoms with van der Waals surface area (Å²) >= 11 is 3.60. The second-order valence-corrected chi connectivity index (χ2v) is 9.14. The zero-order valence-electron chi connectivity index (χ0n) is 20.0. The van der Waals surface area contributed by atoms with Crippen LogP contribution in [0.25, 0.3) is 10.8 Å². The zero-order chi connectivity index (χ0) is 24.7. The van der Waals surface area contributed by atoms with Crippen molar-refractivity contribution in [3.05, 3.63) is 70.7 Å². The molecule has 180 valence electrons. The first kappa shape index (κ1) is 25.6. The molecule has 0 saturated carbocycles. The van der Waals surface area contributed by atoms with Crippen molar-refractivity contribution in [2.24, 2.45) is 0 Å². The van der Waals surface area contributed by atoms with Crippen LogP contribution in [0.15, 0.2) is 65.1 Å². The number of amides is 2. The van der Waals surface area contributed by atoms with E-state index in [4.69, 9.17) is 9.47 Å². The maximum atomic E-state index is 13.4. The van der Waals surface area contributed by atoms with E-state index in [-0.39, 0.29) is 31.0 Å². The molecule has 34 heavy (non-hydrogen) atoms. The van der Waals surface area contributed by atoms with Crippen molar-refractivity contribution < 1.29 is 19.1 Å². The molecule has 0 saturated heterocycles. The zero-order valence-corrected chi connectivity index (χ0v) is 21.6. The number of methoxy groups -OCH3 is 1. The molecule has 1 N–H and O–H groups in total. The van der Waals surface area contributed by atoms with Crippen LogP contribution in [0.5, 0.6) is 11.5 Å². The monoisotopic (exact) mass is 526 g/mol. The molecule has 0 aliphatic rings. The van der Waals surface area contributed by atoms with Gasteiger partial charge in [0.2, 0.25) is 5.91 Å². The first-order valence-electron chi connectivity index (χ1n) is 11.4. The Morgan fingerprint density at radius 1 is 1.06 bits per heavy atom. The Balaban J connectivity index is 1.84. The number of hydrogen-bond donors (Lipinski definition) is 1. The van der Waals surface area contributed by atoms with Gasteiger partial charge in [0.15, 0.2) is 6.61 Å². The summed E-state index contributed by atoms with van der Waals surface area (Å²) in [5.41, 5.74) is 0.871. The fourth-order valence-electron chi connectivity index (χ4n) is 3.82. The highest BCUT2D eigenvalue weighted by molar-refractivity contribution is 9.10. The highest BCUT2D eigenvalue weighted by Crippen LogP contribution is 2.33. The number of fused-ring (bicyclic) bond motifs is 1. The summed E-state index contributed by atoms with van der Waals surface area (Å²) in [6.45, 7) is 5.78. The Morgan fingerprint density at radius 2 is 1.82 bits per heavy atom. The van der Waals surface area contributed by atoms with Gasteiger partial charge in [0.25, 0.3) is 5.91 Å². The van der Waals surface area contributed by atoms with Gasteiger partial charge in [-0.1, -0.05) is 49.4 Å². The molecule has 3 aromatic rings. The number of benzene rings is 3. The number of nitrogens with zero attached hydrogens (tertiary/aromatic N) is 1. The van der Waals surface area contributed by atoms with Crippen LogP contribution in [0.4, 0.5) is 0 Å². The number of halogens is 1. The minimum absolute atomic E-state index is 0.0277. The average molecular weight is 527 g/mol. The van der Waals surface area contributed by atoms with E-state index in [1.54, 1.807) is 12.0 Å². The van der Waals surface area contributed by atoms with E-state index in [2.05, 4.69) is 21.2 Å². The molecule has 0 spiro atoms. The molecule has 7 heteroatoms. The third-order valence-electron chi connectivity index (χ3n) is 5.48. The molecule has 1 atom stereocenters. The number of hydrogen-bond acceptors (Lipinski definition) is 4. The van der Waals surface area contributed by atoms with E-state index in [1.165, 1.54) is 0 Å². The predicted molar refractivity (Wildman–Crippen MR) is 138 cm³/mol. The van der Waals surface area contributed by atoms with Crippen LogP contribution in [0.2, 0.25) is 0 Å². The predicted octanol–water partition coefficient (Wildman–Crippen LogP) is 5.32. The smallest absolute Gasteiger partial charge is 0.261 e. The highest BCUT2D eigenvalue weighted by Gasteiger charge is 2.29. The van der Waals surface area contributed by atoms with Crippen molar-refractivity contribution in [3.8, 4) is 11.5 Å². The molecule has 0 bridgehead atoms. The van der Waals surface area contributed by atoms with E-state index < -0.39 is 6.04 Å². The lowest BCUT2D eigenvalue weighted by molar-refractivity contribution is -0.143. The third-order valence-corrected chi connectivity index (χ3v) is 6.30. The number of carbonyl (C=O) groups is 2. The molecule has 0 aromatic heterocycles.